The van der Waals surface area contributed by atoms with Crippen molar-refractivity contribution in [3.8, 4) is 11.5 Å². The highest BCUT2D eigenvalue weighted by Crippen LogP contribution is 2.34. The molecule has 0 saturated heterocycles. The molecule has 0 radical (unpaired) electrons. The highest BCUT2D eigenvalue weighted by Gasteiger charge is 2.15. The summed E-state index contributed by atoms with van der Waals surface area (Å²) in [7, 11) is 0. The minimum absolute atomic E-state index is 0.0441. The summed E-state index contributed by atoms with van der Waals surface area (Å²) in [4.78, 5) is 0.107. The average Bonchev–Trinajstić information content (AvgIpc) is 2.37. The van der Waals surface area contributed by atoms with Crippen molar-refractivity contribution in [2.24, 2.45) is 5.73 Å². The van der Waals surface area contributed by atoms with Crippen molar-refractivity contribution in [3.63, 3.8) is 0 Å². The van der Waals surface area contributed by atoms with Gasteiger partial charge in [0.25, 0.3) is 0 Å². The van der Waals surface area contributed by atoms with Crippen LogP contribution in [0.2, 0.25) is 5.02 Å². The lowest BCUT2D eigenvalue weighted by molar-refractivity contribution is 0.440. The second kappa shape index (κ2) is 6.08. The van der Waals surface area contributed by atoms with E-state index in [0.717, 1.165) is 5.56 Å². The summed E-state index contributed by atoms with van der Waals surface area (Å²) in [5.41, 5.74) is 6.91. The molecule has 2 rings (SSSR count). The maximum absolute atomic E-state index is 14.2. The Balaban J connectivity index is 2.39. The van der Waals surface area contributed by atoms with E-state index >= 15 is 0 Å². The van der Waals surface area contributed by atoms with Gasteiger partial charge in [0.05, 0.1) is 9.50 Å². The normalized spacial score (nSPS) is 10.4. The summed E-state index contributed by atoms with van der Waals surface area (Å²) in [6, 6.07) is 8.31. The molecule has 2 aromatic carbocycles. The van der Waals surface area contributed by atoms with Crippen LogP contribution >= 0.6 is 39.7 Å². The molecule has 0 amide bonds. The van der Waals surface area contributed by atoms with Crippen molar-refractivity contribution in [1.29, 1.82) is 0 Å². The first-order valence-corrected chi connectivity index (χ1v) is 7.20. The fourth-order valence-corrected chi connectivity index (χ4v) is 2.72. The molecule has 0 saturated carbocycles. The third-order valence-corrected chi connectivity index (χ3v) is 3.91. The van der Waals surface area contributed by atoms with Crippen LogP contribution in [-0.4, -0.2) is 4.99 Å². The zero-order valence-corrected chi connectivity index (χ0v) is 13.6. The minimum atomic E-state index is -0.577. The van der Waals surface area contributed by atoms with Gasteiger partial charge in [0.1, 0.15) is 10.7 Å². The van der Waals surface area contributed by atoms with Crippen LogP contribution in [0.25, 0.3) is 0 Å². The van der Waals surface area contributed by atoms with Gasteiger partial charge < -0.3 is 10.5 Å². The molecule has 20 heavy (non-hydrogen) atoms. The van der Waals surface area contributed by atoms with Gasteiger partial charge in [-0.3, -0.25) is 0 Å². The van der Waals surface area contributed by atoms with Gasteiger partial charge in [-0.1, -0.05) is 29.9 Å². The van der Waals surface area contributed by atoms with E-state index in [9.17, 15) is 4.39 Å². The minimum Gasteiger partial charge on any atom is -0.453 e. The molecule has 0 fully saturated rings. The lowest BCUT2D eigenvalue weighted by Crippen LogP contribution is -2.11. The van der Waals surface area contributed by atoms with E-state index in [0.29, 0.717) is 16.3 Å². The van der Waals surface area contributed by atoms with Gasteiger partial charge in [-0.15, -0.1) is 0 Å². The SMILES string of the molecule is Cc1ccc(Oc2ccc(C(N)=S)c(Br)c2F)c(Cl)c1. The molecular formula is C14H10BrClFNOS. The highest BCUT2D eigenvalue weighted by molar-refractivity contribution is 9.10. The third-order valence-electron chi connectivity index (χ3n) is 2.62. The second-order valence-corrected chi connectivity index (χ2v) is 5.78. The first-order chi connectivity index (χ1) is 9.40. The predicted molar refractivity (Wildman–Crippen MR) is 86.3 cm³/mol. The predicted octanol–water partition coefficient (Wildman–Crippen LogP) is 4.98. The van der Waals surface area contributed by atoms with Crippen LogP contribution in [0.5, 0.6) is 11.5 Å². The Labute approximate surface area is 134 Å². The lowest BCUT2D eigenvalue weighted by Gasteiger charge is -2.11. The van der Waals surface area contributed by atoms with E-state index < -0.39 is 5.82 Å². The number of rotatable bonds is 3. The van der Waals surface area contributed by atoms with Crippen LogP contribution in [0.3, 0.4) is 0 Å². The van der Waals surface area contributed by atoms with Gasteiger partial charge in [-0.2, -0.15) is 0 Å². The number of ether oxygens (including phenoxy) is 1. The van der Waals surface area contributed by atoms with Crippen molar-refractivity contribution in [3.05, 3.63) is 56.8 Å². The van der Waals surface area contributed by atoms with E-state index in [1.807, 2.05) is 13.0 Å². The first kappa shape index (κ1) is 15.2. The zero-order valence-electron chi connectivity index (χ0n) is 10.4. The highest BCUT2D eigenvalue weighted by atomic mass is 79.9. The summed E-state index contributed by atoms with van der Waals surface area (Å²) in [5.74, 6) is -0.152. The van der Waals surface area contributed by atoms with E-state index in [-0.39, 0.29) is 15.2 Å². The Morgan fingerprint density at radius 2 is 1.95 bits per heavy atom. The molecule has 6 heteroatoms. The Bertz CT molecular complexity index is 693. The Morgan fingerprint density at radius 1 is 1.30 bits per heavy atom. The molecule has 0 bridgehead atoms. The van der Waals surface area contributed by atoms with Crippen molar-refractivity contribution in [1.82, 2.24) is 0 Å². The molecule has 0 aliphatic rings. The molecule has 0 atom stereocenters. The molecule has 0 spiro atoms. The quantitative estimate of drug-likeness (QED) is 0.770. The van der Waals surface area contributed by atoms with Gasteiger partial charge in [0.15, 0.2) is 11.6 Å². The number of halogens is 3. The third kappa shape index (κ3) is 3.11. The van der Waals surface area contributed by atoms with Crippen LogP contribution in [0.15, 0.2) is 34.8 Å². The van der Waals surface area contributed by atoms with Crippen LogP contribution in [0.4, 0.5) is 4.39 Å². The van der Waals surface area contributed by atoms with Crippen LogP contribution < -0.4 is 10.5 Å². The lowest BCUT2D eigenvalue weighted by atomic mass is 10.2. The number of hydrogen-bond donors (Lipinski definition) is 1. The smallest absolute Gasteiger partial charge is 0.180 e. The molecular weight excluding hydrogens is 365 g/mol. The molecule has 2 nitrogen and oxygen atoms in total. The molecule has 0 heterocycles. The molecule has 104 valence electrons. The number of nitrogens with two attached hydrogens (primary N) is 1. The summed E-state index contributed by atoms with van der Waals surface area (Å²) in [5, 5.41) is 0.416. The van der Waals surface area contributed by atoms with Gasteiger partial charge in [0, 0.05) is 5.56 Å². The van der Waals surface area contributed by atoms with Gasteiger partial charge in [-0.25, -0.2) is 4.39 Å². The molecule has 2 N–H and O–H groups in total. The largest absolute Gasteiger partial charge is 0.453 e. The van der Waals surface area contributed by atoms with E-state index in [2.05, 4.69) is 15.9 Å². The maximum Gasteiger partial charge on any atom is 0.180 e. The monoisotopic (exact) mass is 373 g/mol. The van der Waals surface area contributed by atoms with Crippen LogP contribution in [-0.2, 0) is 0 Å². The van der Waals surface area contributed by atoms with Gasteiger partial charge in [-0.05, 0) is 52.7 Å². The van der Waals surface area contributed by atoms with Crippen molar-refractivity contribution < 1.29 is 9.13 Å². The summed E-state index contributed by atoms with van der Waals surface area (Å²) in [6.07, 6.45) is 0. The Kier molecular flexibility index (Phi) is 4.62. The summed E-state index contributed by atoms with van der Waals surface area (Å²) >= 11 is 14.0. The maximum atomic E-state index is 14.2. The van der Waals surface area contributed by atoms with E-state index in [1.54, 1.807) is 18.2 Å². The molecule has 0 aliphatic carbocycles. The number of thiocarbonyl (C=S) groups is 1. The molecule has 2 aromatic rings. The standard InChI is InChI=1S/C14H10BrClFNOS/c1-7-2-4-10(9(16)6-7)19-11-5-3-8(14(18)20)12(15)13(11)17/h2-6H,1H3,(H2,18,20). The van der Waals surface area contributed by atoms with Crippen molar-refractivity contribution in [2.75, 3.05) is 0 Å². The van der Waals surface area contributed by atoms with Gasteiger partial charge >= 0.3 is 0 Å². The Hall–Kier alpha value is -1.17. The fraction of sp³-hybridized carbons (Fsp3) is 0.0714. The van der Waals surface area contributed by atoms with Crippen LogP contribution in [0, 0.1) is 12.7 Å². The summed E-state index contributed by atoms with van der Waals surface area (Å²) < 4.78 is 19.9. The van der Waals surface area contributed by atoms with E-state index in [4.69, 9.17) is 34.3 Å². The first-order valence-electron chi connectivity index (χ1n) is 5.62. The molecule has 0 aliphatic heterocycles. The molecule has 0 aromatic heterocycles. The number of aryl methyl sites for hydroxylation is 1. The van der Waals surface area contributed by atoms with Gasteiger partial charge in [0.2, 0.25) is 0 Å². The van der Waals surface area contributed by atoms with Crippen molar-refractivity contribution in [2.45, 2.75) is 6.92 Å². The topological polar surface area (TPSA) is 35.2 Å². The number of benzene rings is 2. The number of hydrogen-bond acceptors (Lipinski definition) is 2. The zero-order chi connectivity index (χ0) is 14.9. The Morgan fingerprint density at radius 3 is 2.55 bits per heavy atom. The molecule has 0 unspecified atom stereocenters. The average molecular weight is 375 g/mol. The second-order valence-electron chi connectivity index (χ2n) is 4.14. The van der Waals surface area contributed by atoms with Crippen molar-refractivity contribution >= 4 is 44.7 Å². The summed E-state index contributed by atoms with van der Waals surface area (Å²) in [6.45, 7) is 1.91. The van der Waals surface area contributed by atoms with E-state index in [1.165, 1.54) is 6.07 Å². The van der Waals surface area contributed by atoms with Crippen LogP contribution in [0.1, 0.15) is 11.1 Å². The fourth-order valence-electron chi connectivity index (χ4n) is 1.61.